The molecule has 0 fully saturated rings. The Hall–Kier alpha value is -2.41. The maximum absolute atomic E-state index is 12.3. The Morgan fingerprint density at radius 3 is 2.75 bits per heavy atom. The van der Waals surface area contributed by atoms with E-state index < -0.39 is 0 Å². The van der Waals surface area contributed by atoms with Crippen molar-refractivity contribution >= 4 is 56.5 Å². The number of hydrogen-bond donors (Lipinski definition) is 1. The second-order valence-electron chi connectivity index (χ2n) is 6.18. The number of amides is 1. The summed E-state index contributed by atoms with van der Waals surface area (Å²) < 4.78 is 0. The minimum Gasteiger partial charge on any atom is -0.325 e. The minimum atomic E-state index is -0.102. The van der Waals surface area contributed by atoms with Crippen LogP contribution in [0.15, 0.2) is 66.0 Å². The van der Waals surface area contributed by atoms with Crippen molar-refractivity contribution < 1.29 is 4.79 Å². The van der Waals surface area contributed by atoms with Crippen molar-refractivity contribution in [3.8, 4) is 10.4 Å². The number of benzene rings is 2. The topological polar surface area (TPSA) is 54.9 Å². The first-order chi connectivity index (χ1) is 13.6. The second kappa shape index (κ2) is 8.31. The number of hydrogen-bond acceptors (Lipinski definition) is 5. The Kier molecular flexibility index (Phi) is 5.62. The number of thiophene rings is 1. The number of thioether (sulfide) groups is 1. The van der Waals surface area contributed by atoms with E-state index in [2.05, 4.69) is 33.5 Å². The number of rotatable bonds is 5. The molecular formula is C21H16ClN3OS2. The fraction of sp³-hybridized carbons (Fsp3) is 0.0952. The summed E-state index contributed by atoms with van der Waals surface area (Å²) in [6, 6.07) is 17.8. The number of anilines is 1. The molecule has 0 saturated carbocycles. The molecule has 0 aliphatic rings. The van der Waals surface area contributed by atoms with Crippen LogP contribution in [0.25, 0.3) is 20.7 Å². The zero-order valence-electron chi connectivity index (χ0n) is 15.0. The Labute approximate surface area is 176 Å². The smallest absolute Gasteiger partial charge is 0.234 e. The Balaban J connectivity index is 1.49. The molecule has 4 nitrogen and oxygen atoms in total. The molecular weight excluding hydrogens is 410 g/mol. The molecule has 1 amide bonds. The van der Waals surface area contributed by atoms with Crippen molar-refractivity contribution in [1.82, 2.24) is 9.97 Å². The summed E-state index contributed by atoms with van der Waals surface area (Å²) in [4.78, 5) is 23.1. The number of carbonyl (C=O) groups is 1. The minimum absolute atomic E-state index is 0.102. The SMILES string of the molecule is Cc1ccc(NC(=O)CSc2ncnc3sc(-c4ccccc4)cc23)cc1Cl. The molecule has 0 aliphatic carbocycles. The molecule has 0 radical (unpaired) electrons. The summed E-state index contributed by atoms with van der Waals surface area (Å²) in [5, 5.41) is 5.29. The van der Waals surface area contributed by atoms with E-state index in [0.717, 1.165) is 31.2 Å². The Morgan fingerprint density at radius 2 is 1.96 bits per heavy atom. The lowest BCUT2D eigenvalue weighted by Crippen LogP contribution is -2.14. The van der Waals surface area contributed by atoms with Gasteiger partial charge in [-0.1, -0.05) is 59.8 Å². The van der Waals surface area contributed by atoms with Gasteiger partial charge in [0.15, 0.2) is 0 Å². The zero-order valence-corrected chi connectivity index (χ0v) is 17.4. The third-order valence-electron chi connectivity index (χ3n) is 4.15. The van der Waals surface area contributed by atoms with Crippen LogP contribution < -0.4 is 5.32 Å². The number of fused-ring (bicyclic) bond motifs is 1. The Bertz CT molecular complexity index is 1150. The predicted octanol–water partition coefficient (Wildman–Crippen LogP) is 6.05. The van der Waals surface area contributed by atoms with E-state index in [9.17, 15) is 4.79 Å². The van der Waals surface area contributed by atoms with Gasteiger partial charge in [-0.05, 0) is 36.2 Å². The molecule has 0 bridgehead atoms. The lowest BCUT2D eigenvalue weighted by Gasteiger charge is -2.07. The van der Waals surface area contributed by atoms with Crippen LogP contribution in [-0.4, -0.2) is 21.6 Å². The molecule has 0 aliphatic heterocycles. The molecule has 1 N–H and O–H groups in total. The van der Waals surface area contributed by atoms with Crippen LogP contribution in [0.2, 0.25) is 5.02 Å². The lowest BCUT2D eigenvalue weighted by molar-refractivity contribution is -0.113. The summed E-state index contributed by atoms with van der Waals surface area (Å²) >= 11 is 9.14. The highest BCUT2D eigenvalue weighted by molar-refractivity contribution is 8.00. The number of carbonyl (C=O) groups excluding carboxylic acids is 1. The van der Waals surface area contributed by atoms with E-state index in [1.807, 2.05) is 37.3 Å². The van der Waals surface area contributed by atoms with E-state index in [1.54, 1.807) is 23.7 Å². The third kappa shape index (κ3) is 4.19. The molecule has 0 spiro atoms. The van der Waals surface area contributed by atoms with Crippen molar-refractivity contribution in [3.63, 3.8) is 0 Å². The first-order valence-corrected chi connectivity index (χ1v) is 10.8. The van der Waals surface area contributed by atoms with Crippen molar-refractivity contribution in [2.24, 2.45) is 0 Å². The Morgan fingerprint density at radius 1 is 1.14 bits per heavy atom. The highest BCUT2D eigenvalue weighted by Gasteiger charge is 2.12. The van der Waals surface area contributed by atoms with Gasteiger partial charge in [0.25, 0.3) is 0 Å². The van der Waals surface area contributed by atoms with Gasteiger partial charge in [-0.2, -0.15) is 0 Å². The number of aromatic nitrogens is 2. The van der Waals surface area contributed by atoms with Crippen molar-refractivity contribution in [2.45, 2.75) is 11.9 Å². The molecule has 2 aromatic heterocycles. The molecule has 0 saturated heterocycles. The van der Waals surface area contributed by atoms with Gasteiger partial charge in [0, 0.05) is 21.0 Å². The third-order valence-corrected chi connectivity index (χ3v) is 6.65. The van der Waals surface area contributed by atoms with Crippen molar-refractivity contribution in [1.29, 1.82) is 0 Å². The molecule has 4 rings (SSSR count). The maximum Gasteiger partial charge on any atom is 0.234 e. The summed E-state index contributed by atoms with van der Waals surface area (Å²) in [7, 11) is 0. The van der Waals surface area contributed by atoms with Gasteiger partial charge in [-0.3, -0.25) is 4.79 Å². The molecule has 28 heavy (non-hydrogen) atoms. The van der Waals surface area contributed by atoms with Crippen LogP contribution in [-0.2, 0) is 4.79 Å². The first-order valence-electron chi connectivity index (χ1n) is 8.59. The van der Waals surface area contributed by atoms with E-state index in [-0.39, 0.29) is 11.7 Å². The number of nitrogens with one attached hydrogen (secondary N) is 1. The van der Waals surface area contributed by atoms with E-state index >= 15 is 0 Å². The molecule has 7 heteroatoms. The molecule has 0 atom stereocenters. The highest BCUT2D eigenvalue weighted by atomic mass is 35.5. The van der Waals surface area contributed by atoms with Gasteiger partial charge in [-0.15, -0.1) is 11.3 Å². The average Bonchev–Trinajstić information content (AvgIpc) is 3.15. The first kappa shape index (κ1) is 18.9. The lowest BCUT2D eigenvalue weighted by atomic mass is 10.2. The van der Waals surface area contributed by atoms with Crippen LogP contribution in [0, 0.1) is 6.92 Å². The van der Waals surface area contributed by atoms with E-state index in [1.165, 1.54) is 11.8 Å². The average molecular weight is 426 g/mol. The number of halogens is 1. The van der Waals surface area contributed by atoms with E-state index in [0.29, 0.717) is 10.7 Å². The molecule has 0 unspecified atom stereocenters. The van der Waals surface area contributed by atoms with Gasteiger partial charge in [0.1, 0.15) is 16.2 Å². The van der Waals surface area contributed by atoms with Gasteiger partial charge in [0.2, 0.25) is 5.91 Å². The van der Waals surface area contributed by atoms with Crippen LogP contribution in [0.4, 0.5) is 5.69 Å². The fourth-order valence-corrected chi connectivity index (χ4v) is 4.72. The van der Waals surface area contributed by atoms with Crippen LogP contribution in [0.5, 0.6) is 0 Å². The van der Waals surface area contributed by atoms with E-state index in [4.69, 9.17) is 11.6 Å². The molecule has 4 aromatic rings. The number of aryl methyl sites for hydroxylation is 1. The standard InChI is InChI=1S/C21H16ClN3OS2/c1-13-7-8-15(9-17(13)22)25-19(26)11-27-20-16-10-18(14-5-3-2-4-6-14)28-21(16)24-12-23-20/h2-10,12H,11H2,1H3,(H,25,26). The summed E-state index contributed by atoms with van der Waals surface area (Å²) in [5.74, 6) is 0.156. The van der Waals surface area contributed by atoms with Crippen LogP contribution in [0.1, 0.15) is 5.56 Å². The molecule has 140 valence electrons. The monoisotopic (exact) mass is 425 g/mol. The van der Waals surface area contributed by atoms with Gasteiger partial charge < -0.3 is 5.32 Å². The summed E-state index contributed by atoms with van der Waals surface area (Å²) in [6.45, 7) is 1.93. The van der Waals surface area contributed by atoms with Gasteiger partial charge >= 0.3 is 0 Å². The van der Waals surface area contributed by atoms with Crippen LogP contribution in [0.3, 0.4) is 0 Å². The molecule has 2 heterocycles. The number of nitrogens with zero attached hydrogens (tertiary/aromatic N) is 2. The molecule has 2 aromatic carbocycles. The highest BCUT2D eigenvalue weighted by Crippen LogP contribution is 2.36. The van der Waals surface area contributed by atoms with Gasteiger partial charge in [0.05, 0.1) is 5.75 Å². The summed E-state index contributed by atoms with van der Waals surface area (Å²) in [6.07, 6.45) is 1.55. The normalized spacial score (nSPS) is 10.9. The predicted molar refractivity (Wildman–Crippen MR) is 118 cm³/mol. The van der Waals surface area contributed by atoms with Crippen molar-refractivity contribution in [2.75, 3.05) is 11.1 Å². The van der Waals surface area contributed by atoms with Crippen molar-refractivity contribution in [3.05, 3.63) is 71.5 Å². The van der Waals surface area contributed by atoms with Crippen LogP contribution >= 0.6 is 34.7 Å². The summed E-state index contributed by atoms with van der Waals surface area (Å²) in [5.41, 5.74) is 2.82. The maximum atomic E-state index is 12.3. The largest absolute Gasteiger partial charge is 0.325 e. The second-order valence-corrected chi connectivity index (χ2v) is 8.58. The quantitative estimate of drug-likeness (QED) is 0.312. The fourth-order valence-electron chi connectivity index (χ4n) is 2.70. The zero-order chi connectivity index (χ0) is 19.5. The van der Waals surface area contributed by atoms with Gasteiger partial charge in [-0.25, -0.2) is 9.97 Å².